The zero-order valence-corrected chi connectivity index (χ0v) is 7.55. The fraction of sp³-hybridized carbons (Fsp3) is 0.800. The summed E-state index contributed by atoms with van der Waals surface area (Å²) in [6, 6.07) is 0. The van der Waals surface area contributed by atoms with Crippen molar-refractivity contribution in [1.82, 2.24) is 0 Å². The molecule has 1 atom stereocenters. The summed E-state index contributed by atoms with van der Waals surface area (Å²) in [6.45, 7) is 0.416. The third kappa shape index (κ3) is 2.23. The van der Waals surface area contributed by atoms with Crippen LogP contribution in [-0.4, -0.2) is 24.4 Å². The van der Waals surface area contributed by atoms with E-state index in [2.05, 4.69) is 5.92 Å². The second-order valence-corrected chi connectivity index (χ2v) is 3.51. The molecule has 0 spiro atoms. The van der Waals surface area contributed by atoms with Crippen molar-refractivity contribution in [3.8, 4) is 12.3 Å². The van der Waals surface area contributed by atoms with Gasteiger partial charge in [-0.05, 0) is 25.2 Å². The molecule has 0 amide bonds. The second-order valence-electron chi connectivity index (χ2n) is 3.51. The molecule has 1 saturated carbocycles. The molecule has 1 aliphatic carbocycles. The Morgan fingerprint density at radius 2 is 2.33 bits per heavy atom. The van der Waals surface area contributed by atoms with Gasteiger partial charge in [-0.15, -0.1) is 12.3 Å². The predicted molar refractivity (Wildman–Crippen MR) is 47.6 cm³/mol. The van der Waals surface area contributed by atoms with Crippen LogP contribution in [0.15, 0.2) is 0 Å². The highest BCUT2D eigenvalue weighted by Crippen LogP contribution is 2.42. The molecule has 0 radical (unpaired) electrons. The van der Waals surface area contributed by atoms with Crippen LogP contribution in [0.3, 0.4) is 0 Å². The summed E-state index contributed by atoms with van der Waals surface area (Å²) in [7, 11) is 1.61. The molecule has 2 nitrogen and oxygen atoms in total. The van der Waals surface area contributed by atoms with Crippen LogP contribution in [0.25, 0.3) is 0 Å². The van der Waals surface area contributed by atoms with Crippen molar-refractivity contribution in [1.29, 1.82) is 0 Å². The summed E-state index contributed by atoms with van der Waals surface area (Å²) in [4.78, 5) is 0. The standard InChI is InChI=1S/C10H16O2/c1-3-4-7-10(11,8-12-2)9-5-6-9/h1,9,11H,4-8H2,2H3. The SMILES string of the molecule is C#CCCC(O)(COC)C1CC1. The van der Waals surface area contributed by atoms with E-state index in [1.165, 1.54) is 0 Å². The smallest absolute Gasteiger partial charge is 0.0917 e. The highest BCUT2D eigenvalue weighted by molar-refractivity contribution is 4.97. The van der Waals surface area contributed by atoms with Gasteiger partial charge in [0.05, 0.1) is 12.2 Å². The van der Waals surface area contributed by atoms with Gasteiger partial charge in [0, 0.05) is 13.5 Å². The van der Waals surface area contributed by atoms with E-state index in [0.29, 0.717) is 25.4 Å². The molecular weight excluding hydrogens is 152 g/mol. The Hall–Kier alpha value is -0.520. The summed E-state index contributed by atoms with van der Waals surface area (Å²) in [5, 5.41) is 10.1. The Kier molecular flexibility index (Phi) is 3.13. The Bertz CT molecular complexity index is 179. The lowest BCUT2D eigenvalue weighted by Crippen LogP contribution is -2.36. The van der Waals surface area contributed by atoms with Crippen LogP contribution in [0.2, 0.25) is 0 Å². The van der Waals surface area contributed by atoms with Gasteiger partial charge in [-0.1, -0.05) is 0 Å². The molecule has 1 unspecified atom stereocenters. The van der Waals surface area contributed by atoms with Crippen molar-refractivity contribution in [3.05, 3.63) is 0 Å². The minimum Gasteiger partial charge on any atom is -0.387 e. The van der Waals surface area contributed by atoms with E-state index in [1.807, 2.05) is 0 Å². The van der Waals surface area contributed by atoms with E-state index in [9.17, 15) is 5.11 Å². The molecule has 1 aliphatic rings. The Labute approximate surface area is 73.9 Å². The topological polar surface area (TPSA) is 29.5 Å². The van der Waals surface area contributed by atoms with E-state index in [4.69, 9.17) is 11.2 Å². The third-order valence-electron chi connectivity index (χ3n) is 2.43. The lowest BCUT2D eigenvalue weighted by molar-refractivity contribution is -0.0527. The maximum Gasteiger partial charge on any atom is 0.0917 e. The third-order valence-corrected chi connectivity index (χ3v) is 2.43. The number of terminal acetylenes is 1. The minimum atomic E-state index is -0.652. The van der Waals surface area contributed by atoms with Gasteiger partial charge < -0.3 is 9.84 Å². The van der Waals surface area contributed by atoms with E-state index >= 15 is 0 Å². The first-order valence-electron chi connectivity index (χ1n) is 4.38. The summed E-state index contributed by atoms with van der Waals surface area (Å²) in [6.07, 6.45) is 8.69. The van der Waals surface area contributed by atoms with E-state index in [1.54, 1.807) is 7.11 Å². The van der Waals surface area contributed by atoms with Crippen LogP contribution in [-0.2, 0) is 4.74 Å². The summed E-state index contributed by atoms with van der Waals surface area (Å²) < 4.78 is 4.99. The molecule has 0 heterocycles. The molecule has 0 aromatic heterocycles. The second kappa shape index (κ2) is 3.93. The molecule has 68 valence electrons. The first kappa shape index (κ1) is 9.57. The van der Waals surface area contributed by atoms with Crippen molar-refractivity contribution in [2.75, 3.05) is 13.7 Å². The lowest BCUT2D eigenvalue weighted by atomic mass is 9.93. The fourth-order valence-electron chi connectivity index (χ4n) is 1.55. The van der Waals surface area contributed by atoms with Crippen LogP contribution >= 0.6 is 0 Å². The van der Waals surface area contributed by atoms with Gasteiger partial charge in [-0.2, -0.15) is 0 Å². The molecule has 0 aliphatic heterocycles. The van der Waals surface area contributed by atoms with Crippen molar-refractivity contribution >= 4 is 0 Å². The van der Waals surface area contributed by atoms with Crippen molar-refractivity contribution in [2.24, 2.45) is 5.92 Å². The van der Waals surface area contributed by atoms with Gasteiger partial charge in [0.25, 0.3) is 0 Å². The molecule has 12 heavy (non-hydrogen) atoms. The van der Waals surface area contributed by atoms with E-state index in [-0.39, 0.29) is 0 Å². The molecule has 2 heteroatoms. The normalized spacial score (nSPS) is 21.4. The van der Waals surface area contributed by atoms with Crippen LogP contribution in [0.4, 0.5) is 0 Å². The van der Waals surface area contributed by atoms with Crippen molar-refractivity contribution in [3.63, 3.8) is 0 Å². The monoisotopic (exact) mass is 168 g/mol. The Morgan fingerprint density at radius 3 is 2.75 bits per heavy atom. The Morgan fingerprint density at radius 1 is 1.67 bits per heavy atom. The summed E-state index contributed by atoms with van der Waals surface area (Å²) >= 11 is 0. The fourth-order valence-corrected chi connectivity index (χ4v) is 1.55. The predicted octanol–water partition coefficient (Wildman–Crippen LogP) is 1.19. The number of methoxy groups -OCH3 is 1. The molecule has 0 bridgehead atoms. The van der Waals surface area contributed by atoms with E-state index < -0.39 is 5.60 Å². The number of ether oxygens (including phenoxy) is 1. The maximum atomic E-state index is 10.1. The van der Waals surface area contributed by atoms with Gasteiger partial charge in [-0.3, -0.25) is 0 Å². The Balaban J connectivity index is 2.41. The molecular formula is C10H16O2. The molecule has 1 N–H and O–H groups in total. The van der Waals surface area contributed by atoms with Gasteiger partial charge in [0.1, 0.15) is 0 Å². The molecule has 0 saturated heterocycles. The van der Waals surface area contributed by atoms with Crippen LogP contribution < -0.4 is 0 Å². The average Bonchev–Trinajstić information content (AvgIpc) is 2.84. The van der Waals surface area contributed by atoms with Crippen LogP contribution in [0.5, 0.6) is 0 Å². The quantitative estimate of drug-likeness (QED) is 0.625. The number of hydrogen-bond acceptors (Lipinski definition) is 2. The van der Waals surface area contributed by atoms with Gasteiger partial charge in [-0.25, -0.2) is 0 Å². The largest absolute Gasteiger partial charge is 0.387 e. The van der Waals surface area contributed by atoms with Crippen LogP contribution in [0.1, 0.15) is 25.7 Å². The molecule has 1 fully saturated rings. The number of hydrogen-bond donors (Lipinski definition) is 1. The zero-order chi connectivity index (χ0) is 9.03. The highest BCUT2D eigenvalue weighted by atomic mass is 16.5. The number of aliphatic hydroxyl groups is 1. The summed E-state index contributed by atoms with van der Waals surface area (Å²) in [5.41, 5.74) is -0.652. The van der Waals surface area contributed by atoms with Gasteiger partial charge in [0.2, 0.25) is 0 Å². The molecule has 1 rings (SSSR count). The van der Waals surface area contributed by atoms with Crippen LogP contribution in [0, 0.1) is 18.3 Å². The zero-order valence-electron chi connectivity index (χ0n) is 7.55. The lowest BCUT2D eigenvalue weighted by Gasteiger charge is -2.26. The molecule has 0 aromatic rings. The van der Waals surface area contributed by atoms with E-state index in [0.717, 1.165) is 12.8 Å². The summed E-state index contributed by atoms with van der Waals surface area (Å²) in [5.74, 6) is 2.97. The first-order valence-corrected chi connectivity index (χ1v) is 4.38. The van der Waals surface area contributed by atoms with Crippen molar-refractivity contribution in [2.45, 2.75) is 31.3 Å². The van der Waals surface area contributed by atoms with Crippen molar-refractivity contribution < 1.29 is 9.84 Å². The molecule has 0 aromatic carbocycles. The maximum absolute atomic E-state index is 10.1. The van der Waals surface area contributed by atoms with Gasteiger partial charge >= 0.3 is 0 Å². The van der Waals surface area contributed by atoms with Gasteiger partial charge in [0.15, 0.2) is 0 Å². The minimum absolute atomic E-state index is 0.416. The number of rotatable bonds is 5. The first-order chi connectivity index (χ1) is 5.73. The highest BCUT2D eigenvalue weighted by Gasteiger charge is 2.43. The average molecular weight is 168 g/mol.